The summed E-state index contributed by atoms with van der Waals surface area (Å²) in [7, 11) is 3.35. The first-order valence-electron chi connectivity index (χ1n) is 21.8. The molecule has 0 aliphatic carbocycles. The number of hydrogen-bond donors (Lipinski definition) is 5. The Morgan fingerprint density at radius 1 is 0.908 bits per heavy atom. The Balaban J connectivity index is 0.761. The molecule has 1 aromatic heterocycles. The molecule has 65 heavy (non-hydrogen) atoms. The first kappa shape index (κ1) is 45.4. The number of amides is 5. The fourth-order valence-electron chi connectivity index (χ4n) is 8.94. The molecule has 0 spiro atoms. The van der Waals surface area contributed by atoms with Crippen LogP contribution in [0.5, 0.6) is 5.75 Å². The summed E-state index contributed by atoms with van der Waals surface area (Å²) in [6.45, 7) is 6.66. The molecule has 20 heteroatoms. The molecule has 4 aromatic rings. The van der Waals surface area contributed by atoms with Gasteiger partial charge in [0.05, 0.1) is 47.2 Å². The maximum Gasteiger partial charge on any atom is 0.264 e. The van der Waals surface area contributed by atoms with E-state index in [0.717, 1.165) is 75.7 Å². The van der Waals surface area contributed by atoms with Crippen molar-refractivity contribution in [1.82, 2.24) is 30.0 Å². The van der Waals surface area contributed by atoms with Crippen molar-refractivity contribution in [2.45, 2.75) is 57.0 Å². The smallest absolute Gasteiger partial charge is 0.264 e. The number of piperidine rings is 2. The molecule has 0 saturated carbocycles. The van der Waals surface area contributed by atoms with Crippen LogP contribution in [0.4, 0.5) is 40.2 Å². The van der Waals surface area contributed by atoms with Crippen molar-refractivity contribution < 1.29 is 32.9 Å². The molecule has 3 aromatic carbocycles. The van der Waals surface area contributed by atoms with Crippen molar-refractivity contribution in [2.24, 2.45) is 0 Å². The van der Waals surface area contributed by atoms with Crippen LogP contribution in [-0.4, -0.2) is 130 Å². The van der Waals surface area contributed by atoms with Crippen LogP contribution in [0.1, 0.15) is 65.7 Å². The predicted molar refractivity (Wildman–Crippen MR) is 250 cm³/mol. The number of nitrogens with one attached hydrogen (secondary N) is 4. The number of carbonyl (C=O) groups is 5. The topological polar surface area (TPSA) is 202 Å². The van der Waals surface area contributed by atoms with Crippen molar-refractivity contribution >= 4 is 93.2 Å². The Labute approximate surface area is 385 Å². The van der Waals surface area contributed by atoms with Crippen LogP contribution in [0.3, 0.4) is 0 Å². The Morgan fingerprint density at radius 3 is 2.43 bits per heavy atom. The number of unbranched alkanes of at least 4 members (excludes halogenated alkanes) is 1. The number of nitrogens with zero attached hydrogens (tertiary/aromatic N) is 7. The van der Waals surface area contributed by atoms with Crippen LogP contribution < -0.4 is 35.2 Å². The van der Waals surface area contributed by atoms with Gasteiger partial charge in [0.15, 0.2) is 5.82 Å². The Morgan fingerprint density at radius 2 is 1.68 bits per heavy atom. The van der Waals surface area contributed by atoms with Gasteiger partial charge >= 0.3 is 0 Å². The molecule has 1 unspecified atom stereocenters. The number of hydrogen-bond acceptors (Lipinski definition) is 14. The lowest BCUT2D eigenvalue weighted by Crippen LogP contribution is -2.54. The van der Waals surface area contributed by atoms with Crippen LogP contribution in [0.2, 0.25) is 5.02 Å². The van der Waals surface area contributed by atoms with E-state index < -0.39 is 29.7 Å². The normalized spacial score (nSPS) is 18.4. The maximum absolute atomic E-state index is 13.4. The highest BCUT2D eigenvalue weighted by Gasteiger charge is 2.45. The maximum atomic E-state index is 13.4. The summed E-state index contributed by atoms with van der Waals surface area (Å²) in [5.41, 5.74) is 3.63. The Kier molecular flexibility index (Phi) is 14.2. The Bertz CT molecular complexity index is 2480. The first-order chi connectivity index (χ1) is 31.5. The molecular weight excluding hydrogens is 874 g/mol. The van der Waals surface area contributed by atoms with E-state index in [2.05, 4.69) is 52.0 Å². The number of rotatable bonds is 16. The van der Waals surface area contributed by atoms with Gasteiger partial charge in [0, 0.05) is 77.0 Å². The highest BCUT2D eigenvalue weighted by Crippen LogP contribution is 2.36. The van der Waals surface area contributed by atoms with Crippen molar-refractivity contribution in [3.63, 3.8) is 0 Å². The fraction of sp³-hybridized carbons (Fsp3) is 0.400. The number of benzene rings is 3. The third-order valence-corrected chi connectivity index (χ3v) is 13.2. The molecule has 5 amide bonds. The van der Waals surface area contributed by atoms with E-state index in [1.54, 1.807) is 30.6 Å². The summed E-state index contributed by atoms with van der Waals surface area (Å²) in [5.74, 6) is -1.25. The zero-order valence-electron chi connectivity index (χ0n) is 36.2. The second kappa shape index (κ2) is 20.4. The highest BCUT2D eigenvalue weighted by atomic mass is 35.5. The molecule has 0 radical (unpaired) electrons. The summed E-state index contributed by atoms with van der Waals surface area (Å²) >= 11 is 6.32. The molecule has 1 atom stereocenters. The van der Waals surface area contributed by atoms with Crippen LogP contribution in [0.15, 0.2) is 66.9 Å². The molecule has 342 valence electrons. The van der Waals surface area contributed by atoms with Gasteiger partial charge in [0.2, 0.25) is 23.7 Å². The van der Waals surface area contributed by atoms with Crippen LogP contribution in [0, 0.1) is 0 Å². The zero-order chi connectivity index (χ0) is 45.6. The second-order valence-electron chi connectivity index (χ2n) is 16.4. The predicted octanol–water partition coefficient (Wildman–Crippen LogP) is 4.72. The van der Waals surface area contributed by atoms with E-state index in [9.17, 15) is 28.2 Å². The van der Waals surface area contributed by atoms with Crippen LogP contribution in [0.25, 0.3) is 0 Å². The molecule has 4 aliphatic heterocycles. The van der Waals surface area contributed by atoms with Gasteiger partial charge in [-0.3, -0.25) is 43.4 Å². The Hall–Kier alpha value is -6.15. The zero-order valence-corrected chi connectivity index (χ0v) is 37.9. The van der Waals surface area contributed by atoms with E-state index >= 15 is 0 Å². The van der Waals surface area contributed by atoms with Gasteiger partial charge in [0.1, 0.15) is 28.7 Å². The number of fused-ring (bicyclic) bond motifs is 1. The lowest BCUT2D eigenvalue weighted by Gasteiger charge is -2.43. The molecule has 18 nitrogen and oxygen atoms in total. The minimum Gasteiger partial charge on any atom is -0.494 e. The van der Waals surface area contributed by atoms with Crippen molar-refractivity contribution in [1.29, 1.82) is 0 Å². The molecule has 3 saturated heterocycles. The number of halogens is 1. The largest absolute Gasteiger partial charge is 0.494 e. The third-order valence-electron chi connectivity index (χ3n) is 12.4. The van der Waals surface area contributed by atoms with Gasteiger partial charge < -0.3 is 30.5 Å². The lowest BCUT2D eigenvalue weighted by molar-refractivity contribution is -0.136. The van der Waals surface area contributed by atoms with Gasteiger partial charge in [-0.2, -0.15) is 4.98 Å². The van der Waals surface area contributed by atoms with E-state index in [1.807, 2.05) is 36.4 Å². The summed E-state index contributed by atoms with van der Waals surface area (Å²) in [6, 6.07) is 17.6. The fourth-order valence-corrected chi connectivity index (χ4v) is 9.34. The van der Waals surface area contributed by atoms with E-state index in [1.165, 1.54) is 12.3 Å². The first-order valence-corrected chi connectivity index (χ1v) is 22.9. The van der Waals surface area contributed by atoms with Crippen molar-refractivity contribution in [2.75, 3.05) is 85.1 Å². The molecule has 3 fully saturated rings. The second-order valence-corrected chi connectivity index (χ2v) is 17.6. The lowest BCUT2D eigenvalue weighted by atomic mass is 10.0. The quantitative estimate of drug-likeness (QED) is 0.0587. The van der Waals surface area contributed by atoms with Crippen molar-refractivity contribution in [3.05, 3.63) is 83.0 Å². The summed E-state index contributed by atoms with van der Waals surface area (Å²) < 4.78 is 18.9. The highest BCUT2D eigenvalue weighted by molar-refractivity contribution is 7.67. The molecule has 0 bridgehead atoms. The number of imide groups is 2. The summed E-state index contributed by atoms with van der Waals surface area (Å²) in [5, 5.41) is 11.8. The minimum absolute atomic E-state index is 0.0324. The van der Waals surface area contributed by atoms with E-state index in [-0.39, 0.29) is 53.8 Å². The monoisotopic (exact) mass is 925 g/mol. The van der Waals surface area contributed by atoms with E-state index in [0.29, 0.717) is 52.1 Å². The number of ether oxygens (including phenoxy) is 1. The minimum atomic E-state index is -1.07. The van der Waals surface area contributed by atoms with Crippen LogP contribution >= 0.6 is 11.6 Å². The van der Waals surface area contributed by atoms with Gasteiger partial charge in [0.25, 0.3) is 11.8 Å². The van der Waals surface area contributed by atoms with Gasteiger partial charge in [-0.15, -0.1) is 0 Å². The van der Waals surface area contributed by atoms with Gasteiger partial charge in [-0.1, -0.05) is 29.8 Å². The summed E-state index contributed by atoms with van der Waals surface area (Å²) in [6.07, 6.45) is 5.50. The number of piperazine rings is 1. The molecule has 8 rings (SSSR count). The molecule has 4 N–H and O–H groups in total. The SMILES string of the molecule is COc1cc(N2CCC(N3CCN(CCCCC(=O)Nc4cccc5c4C(=O)N(C4CCC(=O)NC4=O)C5=O)CC3)CC2)ccc1Nc1ncc(Cl)c(Nc2ccccc2N(C)[SH]=O)n1. The number of carbonyl (C=O) groups excluding carboxylic acids is 5. The number of anilines is 7. The molecule has 4 aliphatic rings. The number of aromatic nitrogens is 2. The van der Waals surface area contributed by atoms with Crippen molar-refractivity contribution in [3.8, 4) is 5.75 Å². The number of methoxy groups -OCH3 is 1. The standard InChI is InChI=1S/C45H52ClN11O7S/c1-53(65-63)35-11-4-3-9-32(35)49-41-31(46)27-47-45(52-41)50-33-14-13-29(26-37(33)64-2)55-20-17-28(18-21-55)56-24-22-54(23-25-56)19-6-5-12-38(58)48-34-10-7-8-30-40(34)44(62)57(43(30)61)36-15-16-39(59)51-42(36)60/h3-4,7-11,13-14,26-28,36,65H,5-6,12,15-25H2,1-2H3,(H,48,58)(H,51,59,60)(H2,47,49,50,52). The number of thiol groups is 1. The van der Waals surface area contributed by atoms with Gasteiger partial charge in [-0.25, -0.2) is 9.19 Å². The molecule has 5 heterocycles. The average molecular weight is 927 g/mol. The summed E-state index contributed by atoms with van der Waals surface area (Å²) in [4.78, 5) is 81.0. The number of para-hydroxylation sites is 2. The average Bonchev–Trinajstić information content (AvgIpc) is 3.58. The molecular formula is C45H52ClN11O7S. The third kappa shape index (κ3) is 10.2. The van der Waals surface area contributed by atoms with Gasteiger partial charge in [-0.05, 0) is 75.0 Å². The van der Waals surface area contributed by atoms with Crippen LogP contribution in [-0.2, 0) is 26.2 Å². The van der Waals surface area contributed by atoms with E-state index in [4.69, 9.17) is 16.3 Å².